The predicted octanol–water partition coefficient (Wildman–Crippen LogP) is 4.60. The number of pyridine rings is 1. The molecule has 0 aliphatic rings. The molecule has 0 unspecified atom stereocenters. The molecule has 2 heterocycles. The lowest BCUT2D eigenvalue weighted by atomic mass is 10.2. The van der Waals surface area contributed by atoms with Gasteiger partial charge in [-0.1, -0.05) is 42.4 Å². The molecular formula is C19H16ClF3N4O2S. The highest BCUT2D eigenvalue weighted by atomic mass is 35.5. The molecule has 30 heavy (non-hydrogen) atoms. The van der Waals surface area contributed by atoms with Gasteiger partial charge in [0.2, 0.25) is 5.91 Å². The second-order valence-electron chi connectivity index (χ2n) is 6.26. The zero-order chi connectivity index (χ0) is 21.9. The molecular weight excluding hydrogens is 441 g/mol. The van der Waals surface area contributed by atoms with Crippen molar-refractivity contribution in [1.82, 2.24) is 14.5 Å². The van der Waals surface area contributed by atoms with Crippen LogP contribution in [0.2, 0.25) is 5.02 Å². The maximum atomic E-state index is 12.7. The highest BCUT2D eigenvalue weighted by Crippen LogP contribution is 2.32. The van der Waals surface area contributed by atoms with E-state index in [1.165, 1.54) is 4.57 Å². The largest absolute Gasteiger partial charge is 0.417 e. The number of nitrogens with one attached hydrogen (secondary N) is 1. The number of rotatable bonds is 6. The molecule has 0 fully saturated rings. The second kappa shape index (κ2) is 9.05. The van der Waals surface area contributed by atoms with Crippen LogP contribution in [0.25, 0.3) is 10.9 Å². The van der Waals surface area contributed by atoms with Gasteiger partial charge < -0.3 is 5.32 Å². The van der Waals surface area contributed by atoms with Crippen molar-refractivity contribution in [2.45, 2.75) is 31.2 Å². The van der Waals surface area contributed by atoms with E-state index in [2.05, 4.69) is 15.3 Å². The number of nitrogens with zero attached hydrogens (tertiary/aromatic N) is 3. The van der Waals surface area contributed by atoms with Crippen molar-refractivity contribution in [1.29, 1.82) is 0 Å². The van der Waals surface area contributed by atoms with Gasteiger partial charge in [-0.15, -0.1) is 0 Å². The molecule has 1 amide bonds. The third-order valence-electron chi connectivity index (χ3n) is 4.03. The molecule has 0 aliphatic carbocycles. The Labute approximate surface area is 178 Å². The molecule has 0 atom stereocenters. The minimum absolute atomic E-state index is 0.131. The zero-order valence-corrected chi connectivity index (χ0v) is 17.2. The number of amides is 1. The average molecular weight is 457 g/mol. The normalized spacial score (nSPS) is 11.6. The second-order valence-corrected chi connectivity index (χ2v) is 7.61. The first-order valence-electron chi connectivity index (χ1n) is 8.85. The summed E-state index contributed by atoms with van der Waals surface area (Å²) in [4.78, 5) is 33.0. The number of para-hydroxylation sites is 1. The van der Waals surface area contributed by atoms with Crippen molar-refractivity contribution in [3.63, 3.8) is 0 Å². The molecule has 0 radical (unpaired) electrons. The number of carbonyl (C=O) groups excluding carboxylic acids is 1. The Kier molecular flexibility index (Phi) is 6.67. The highest BCUT2D eigenvalue weighted by Gasteiger charge is 2.31. The molecule has 11 heteroatoms. The first-order valence-corrected chi connectivity index (χ1v) is 10.2. The lowest BCUT2D eigenvalue weighted by Crippen LogP contribution is -2.24. The van der Waals surface area contributed by atoms with Gasteiger partial charge in [-0.3, -0.25) is 14.2 Å². The van der Waals surface area contributed by atoms with E-state index in [9.17, 15) is 22.8 Å². The van der Waals surface area contributed by atoms with E-state index in [-0.39, 0.29) is 22.2 Å². The van der Waals surface area contributed by atoms with E-state index >= 15 is 0 Å². The van der Waals surface area contributed by atoms with E-state index in [0.717, 1.165) is 11.8 Å². The summed E-state index contributed by atoms with van der Waals surface area (Å²) in [5, 5.41) is 2.92. The van der Waals surface area contributed by atoms with Gasteiger partial charge >= 0.3 is 6.18 Å². The van der Waals surface area contributed by atoms with Gasteiger partial charge in [0.25, 0.3) is 5.56 Å². The average Bonchev–Trinajstić information content (AvgIpc) is 2.69. The molecule has 158 valence electrons. The molecule has 1 N–H and O–H groups in total. The van der Waals surface area contributed by atoms with E-state index in [1.54, 1.807) is 24.3 Å². The molecule has 2 aromatic heterocycles. The Balaban J connectivity index is 1.77. The van der Waals surface area contributed by atoms with Crippen LogP contribution < -0.4 is 10.9 Å². The molecule has 3 rings (SSSR count). The minimum Gasteiger partial charge on any atom is -0.309 e. The molecule has 0 bridgehead atoms. The van der Waals surface area contributed by atoms with Gasteiger partial charge in [0.1, 0.15) is 0 Å². The number of fused-ring (bicyclic) bond motifs is 1. The van der Waals surface area contributed by atoms with Crippen LogP contribution in [-0.2, 0) is 17.5 Å². The van der Waals surface area contributed by atoms with Crippen LogP contribution in [0, 0.1) is 0 Å². The Morgan fingerprint density at radius 1 is 1.30 bits per heavy atom. The van der Waals surface area contributed by atoms with Crippen molar-refractivity contribution in [2.24, 2.45) is 0 Å². The molecule has 0 spiro atoms. The fourth-order valence-corrected chi connectivity index (χ4v) is 3.70. The van der Waals surface area contributed by atoms with Gasteiger partial charge in [-0.05, 0) is 24.6 Å². The van der Waals surface area contributed by atoms with Crippen LogP contribution >= 0.6 is 23.4 Å². The molecule has 1 aromatic carbocycles. The van der Waals surface area contributed by atoms with Crippen molar-refractivity contribution < 1.29 is 18.0 Å². The summed E-state index contributed by atoms with van der Waals surface area (Å²) in [6.45, 7) is 2.36. The number of hydrogen-bond donors (Lipinski definition) is 1. The van der Waals surface area contributed by atoms with Crippen molar-refractivity contribution >= 4 is 46.0 Å². The predicted molar refractivity (Wildman–Crippen MR) is 110 cm³/mol. The summed E-state index contributed by atoms with van der Waals surface area (Å²) in [6.07, 6.45) is -3.29. The van der Waals surface area contributed by atoms with E-state index in [1.807, 2.05) is 6.92 Å². The van der Waals surface area contributed by atoms with E-state index < -0.39 is 17.6 Å². The Bertz CT molecular complexity index is 1150. The van der Waals surface area contributed by atoms with E-state index in [0.29, 0.717) is 41.3 Å². The topological polar surface area (TPSA) is 76.9 Å². The zero-order valence-electron chi connectivity index (χ0n) is 15.7. The number of alkyl halides is 3. The van der Waals surface area contributed by atoms with Gasteiger partial charge in [-0.25, -0.2) is 9.97 Å². The summed E-state index contributed by atoms with van der Waals surface area (Å²) in [5.74, 6) is -0.847. The number of aromatic nitrogens is 3. The number of anilines is 1. The third-order valence-corrected chi connectivity index (χ3v) is 5.30. The standard InChI is InChI=1S/C19H16ClF3N4O2S/c1-2-7-27-17(29)12-5-3-4-6-14(12)25-18(27)30-10-15(28)26-16-13(20)8-11(9-24-16)19(21,22)23/h3-6,8-9H,2,7,10H2,1H3,(H,24,26,28). The number of thioether (sulfide) groups is 1. The van der Waals surface area contributed by atoms with Gasteiger partial charge in [0.05, 0.1) is 27.2 Å². The minimum atomic E-state index is -4.58. The van der Waals surface area contributed by atoms with Crippen molar-refractivity contribution in [3.05, 3.63) is 57.5 Å². The first kappa shape index (κ1) is 22.1. The van der Waals surface area contributed by atoms with Crippen LogP contribution in [0.3, 0.4) is 0 Å². The smallest absolute Gasteiger partial charge is 0.309 e. The van der Waals surface area contributed by atoms with Crippen molar-refractivity contribution in [2.75, 3.05) is 11.1 Å². The fourth-order valence-electron chi connectivity index (χ4n) is 2.66. The SMILES string of the molecule is CCCn1c(SCC(=O)Nc2ncc(C(F)(F)F)cc2Cl)nc2ccccc2c1=O. The van der Waals surface area contributed by atoms with E-state index in [4.69, 9.17) is 11.6 Å². The summed E-state index contributed by atoms with van der Waals surface area (Å²) in [7, 11) is 0. The summed E-state index contributed by atoms with van der Waals surface area (Å²) in [6, 6.07) is 7.61. The monoisotopic (exact) mass is 456 g/mol. The molecule has 3 aromatic rings. The highest BCUT2D eigenvalue weighted by molar-refractivity contribution is 7.99. The number of carbonyl (C=O) groups is 1. The Morgan fingerprint density at radius 3 is 2.70 bits per heavy atom. The maximum absolute atomic E-state index is 12.7. The van der Waals surface area contributed by atoms with Crippen LogP contribution in [0.5, 0.6) is 0 Å². The molecule has 0 saturated carbocycles. The fraction of sp³-hybridized carbons (Fsp3) is 0.263. The quantitative estimate of drug-likeness (QED) is 0.433. The Hall–Kier alpha value is -2.59. The lowest BCUT2D eigenvalue weighted by Gasteiger charge is -2.13. The Morgan fingerprint density at radius 2 is 2.03 bits per heavy atom. The summed E-state index contributed by atoms with van der Waals surface area (Å²) < 4.78 is 39.6. The molecule has 0 saturated heterocycles. The van der Waals surface area contributed by atoms with Crippen LogP contribution in [0.1, 0.15) is 18.9 Å². The number of halogens is 4. The van der Waals surface area contributed by atoms with Gasteiger partial charge in [0.15, 0.2) is 11.0 Å². The van der Waals surface area contributed by atoms with Crippen LogP contribution in [0.4, 0.5) is 19.0 Å². The van der Waals surface area contributed by atoms with Gasteiger partial charge in [0, 0.05) is 12.7 Å². The van der Waals surface area contributed by atoms with Crippen LogP contribution in [0.15, 0.2) is 46.5 Å². The molecule has 0 aliphatic heterocycles. The van der Waals surface area contributed by atoms with Gasteiger partial charge in [-0.2, -0.15) is 13.2 Å². The summed E-state index contributed by atoms with van der Waals surface area (Å²) >= 11 is 6.85. The summed E-state index contributed by atoms with van der Waals surface area (Å²) in [5.41, 5.74) is -0.688. The number of hydrogen-bond acceptors (Lipinski definition) is 5. The number of benzene rings is 1. The lowest BCUT2D eigenvalue weighted by molar-refractivity contribution is -0.137. The van der Waals surface area contributed by atoms with Crippen LogP contribution in [-0.4, -0.2) is 26.2 Å². The maximum Gasteiger partial charge on any atom is 0.417 e. The van der Waals surface area contributed by atoms with Crippen molar-refractivity contribution in [3.8, 4) is 0 Å². The molecule has 6 nitrogen and oxygen atoms in total. The first-order chi connectivity index (χ1) is 14.2. The third kappa shape index (κ3) is 4.93.